The molecule has 0 bridgehead atoms. The minimum absolute atomic E-state index is 0.0826. The molecule has 1 amide bonds. The van der Waals surface area contributed by atoms with Crippen LogP contribution in [0.4, 0.5) is 17.3 Å². The zero-order chi connectivity index (χ0) is 20.8. The van der Waals surface area contributed by atoms with Gasteiger partial charge in [0.05, 0.1) is 17.7 Å². The van der Waals surface area contributed by atoms with E-state index in [-0.39, 0.29) is 23.7 Å². The van der Waals surface area contributed by atoms with E-state index in [9.17, 15) is 4.79 Å². The summed E-state index contributed by atoms with van der Waals surface area (Å²) in [5.74, 6) is 0.676. The lowest BCUT2D eigenvalue weighted by Crippen LogP contribution is -2.15. The van der Waals surface area contributed by atoms with Crippen LogP contribution in [0.1, 0.15) is 35.6 Å². The lowest BCUT2D eigenvalue weighted by molar-refractivity contribution is 0.102. The quantitative estimate of drug-likeness (QED) is 0.649. The highest BCUT2D eigenvalue weighted by Gasteiger charge is 2.12. The average molecular weight is 387 g/mol. The molecule has 0 unspecified atom stereocenters. The number of aromatic nitrogens is 2. The highest BCUT2D eigenvalue weighted by molar-refractivity contribution is 6.03. The first-order valence-corrected chi connectivity index (χ1v) is 9.14. The van der Waals surface area contributed by atoms with Crippen molar-refractivity contribution in [3.63, 3.8) is 0 Å². The molecule has 0 atom stereocenters. The molecule has 146 valence electrons. The van der Waals surface area contributed by atoms with Crippen molar-refractivity contribution in [3.05, 3.63) is 71.5 Å². The van der Waals surface area contributed by atoms with Gasteiger partial charge in [-0.25, -0.2) is 9.97 Å². The van der Waals surface area contributed by atoms with Gasteiger partial charge in [0.25, 0.3) is 5.91 Å². The minimum Gasteiger partial charge on any atom is -0.491 e. The van der Waals surface area contributed by atoms with Gasteiger partial charge in [-0.05, 0) is 69.3 Å². The monoisotopic (exact) mass is 387 g/mol. The molecule has 0 aliphatic heterocycles. The number of aryl methyl sites for hydroxylation is 1. The topological polar surface area (TPSA) is 99.9 Å². The summed E-state index contributed by atoms with van der Waals surface area (Å²) >= 11 is 0. The Bertz CT molecular complexity index is 1060. The smallest absolute Gasteiger partial charge is 0.274 e. The first-order valence-electron chi connectivity index (χ1n) is 9.14. The van der Waals surface area contributed by atoms with Gasteiger partial charge in [-0.1, -0.05) is 6.07 Å². The van der Waals surface area contributed by atoms with Crippen molar-refractivity contribution in [2.45, 2.75) is 26.9 Å². The standard InChI is InChI=1S/C22H21N5O2/c1-14(2)29-19-9-7-17(8-10-19)25-21(28)20-11-15(3)24-22(27-20)26-18-6-4-5-16(12-18)13-23/h4-12,14H,1-3H3,(H,25,28)(H,24,26,27). The third-order valence-corrected chi connectivity index (χ3v) is 3.82. The molecule has 0 radical (unpaired) electrons. The molecular weight excluding hydrogens is 366 g/mol. The fraction of sp³-hybridized carbons (Fsp3) is 0.182. The maximum absolute atomic E-state index is 12.6. The first-order chi connectivity index (χ1) is 13.9. The van der Waals surface area contributed by atoms with Crippen LogP contribution in [0.2, 0.25) is 0 Å². The number of benzene rings is 2. The lowest BCUT2D eigenvalue weighted by atomic mass is 10.2. The lowest BCUT2D eigenvalue weighted by Gasteiger charge is -2.11. The molecule has 0 saturated carbocycles. The molecule has 0 spiro atoms. The van der Waals surface area contributed by atoms with Crippen LogP contribution in [0.15, 0.2) is 54.6 Å². The number of ether oxygens (including phenoxy) is 1. The number of amides is 1. The van der Waals surface area contributed by atoms with Crippen LogP contribution >= 0.6 is 0 Å². The van der Waals surface area contributed by atoms with E-state index < -0.39 is 0 Å². The van der Waals surface area contributed by atoms with E-state index in [1.165, 1.54) is 0 Å². The number of carbonyl (C=O) groups excluding carboxylic acids is 1. The summed E-state index contributed by atoms with van der Waals surface area (Å²) in [4.78, 5) is 21.2. The van der Waals surface area contributed by atoms with Crippen LogP contribution in [0.25, 0.3) is 0 Å². The molecule has 3 rings (SSSR count). The number of nitrogens with one attached hydrogen (secondary N) is 2. The molecule has 0 aliphatic carbocycles. The van der Waals surface area contributed by atoms with Gasteiger partial charge in [-0.2, -0.15) is 5.26 Å². The third-order valence-electron chi connectivity index (χ3n) is 3.82. The Kier molecular flexibility index (Phi) is 6.05. The summed E-state index contributed by atoms with van der Waals surface area (Å²) in [5, 5.41) is 14.9. The van der Waals surface area contributed by atoms with E-state index in [2.05, 4.69) is 26.7 Å². The van der Waals surface area contributed by atoms with Gasteiger partial charge in [0, 0.05) is 17.1 Å². The van der Waals surface area contributed by atoms with Crippen molar-refractivity contribution < 1.29 is 9.53 Å². The van der Waals surface area contributed by atoms with Crippen LogP contribution < -0.4 is 15.4 Å². The number of nitriles is 1. The van der Waals surface area contributed by atoms with Crippen molar-refractivity contribution in [1.29, 1.82) is 5.26 Å². The van der Waals surface area contributed by atoms with Gasteiger partial charge in [0.1, 0.15) is 11.4 Å². The van der Waals surface area contributed by atoms with E-state index in [1.54, 1.807) is 61.5 Å². The second-order valence-electron chi connectivity index (χ2n) is 6.68. The predicted molar refractivity (Wildman–Crippen MR) is 111 cm³/mol. The van der Waals surface area contributed by atoms with Gasteiger partial charge in [0.15, 0.2) is 0 Å². The summed E-state index contributed by atoms with van der Waals surface area (Å²) in [6.07, 6.45) is 0.0826. The largest absolute Gasteiger partial charge is 0.491 e. The Labute approximate surface area is 169 Å². The van der Waals surface area contributed by atoms with E-state index >= 15 is 0 Å². The Morgan fingerprint density at radius 3 is 2.52 bits per heavy atom. The van der Waals surface area contributed by atoms with Crippen molar-refractivity contribution >= 4 is 23.2 Å². The minimum atomic E-state index is -0.346. The summed E-state index contributed by atoms with van der Waals surface area (Å²) in [6, 6.07) is 17.8. The van der Waals surface area contributed by atoms with E-state index in [1.807, 2.05) is 13.8 Å². The Hall–Kier alpha value is -3.92. The molecule has 1 heterocycles. The molecule has 0 aliphatic rings. The molecular formula is C22H21N5O2. The maximum Gasteiger partial charge on any atom is 0.274 e. The van der Waals surface area contributed by atoms with Crippen molar-refractivity contribution in [2.75, 3.05) is 10.6 Å². The van der Waals surface area contributed by atoms with Gasteiger partial charge >= 0.3 is 0 Å². The second kappa shape index (κ2) is 8.85. The number of hydrogen-bond donors (Lipinski definition) is 2. The van der Waals surface area contributed by atoms with Crippen LogP contribution in [0.3, 0.4) is 0 Å². The molecule has 2 aromatic carbocycles. The molecule has 2 N–H and O–H groups in total. The van der Waals surface area contributed by atoms with Gasteiger partial charge in [0.2, 0.25) is 5.95 Å². The highest BCUT2D eigenvalue weighted by atomic mass is 16.5. The molecule has 1 aromatic heterocycles. The van der Waals surface area contributed by atoms with Gasteiger partial charge in [-0.15, -0.1) is 0 Å². The van der Waals surface area contributed by atoms with Crippen LogP contribution in [0.5, 0.6) is 5.75 Å². The predicted octanol–water partition coefficient (Wildman–Crippen LogP) is 4.44. The summed E-state index contributed by atoms with van der Waals surface area (Å²) in [7, 11) is 0. The molecule has 29 heavy (non-hydrogen) atoms. The van der Waals surface area contributed by atoms with Crippen molar-refractivity contribution in [2.24, 2.45) is 0 Å². The average Bonchev–Trinajstić information content (AvgIpc) is 2.68. The number of rotatable bonds is 6. The van der Waals surface area contributed by atoms with Gasteiger partial charge in [-0.3, -0.25) is 4.79 Å². The van der Waals surface area contributed by atoms with Crippen LogP contribution in [0, 0.1) is 18.3 Å². The fourth-order valence-electron chi connectivity index (χ4n) is 2.62. The summed E-state index contributed by atoms with van der Waals surface area (Å²) in [5.41, 5.74) is 2.70. The Morgan fingerprint density at radius 2 is 1.83 bits per heavy atom. The number of nitrogens with zero attached hydrogens (tertiary/aromatic N) is 3. The van der Waals surface area contributed by atoms with Crippen molar-refractivity contribution in [3.8, 4) is 11.8 Å². The normalized spacial score (nSPS) is 10.3. The summed E-state index contributed by atoms with van der Waals surface area (Å²) < 4.78 is 5.60. The SMILES string of the molecule is Cc1cc(C(=O)Nc2ccc(OC(C)C)cc2)nc(Nc2cccc(C#N)c2)n1. The molecule has 0 saturated heterocycles. The van der Waals surface area contributed by atoms with Crippen LogP contribution in [-0.4, -0.2) is 22.0 Å². The summed E-state index contributed by atoms with van der Waals surface area (Å²) in [6.45, 7) is 5.69. The Balaban J connectivity index is 1.74. The van der Waals surface area contributed by atoms with Crippen molar-refractivity contribution in [1.82, 2.24) is 9.97 Å². The fourth-order valence-corrected chi connectivity index (χ4v) is 2.62. The van der Waals surface area contributed by atoms with E-state index in [0.717, 1.165) is 5.75 Å². The molecule has 7 nitrogen and oxygen atoms in total. The molecule has 7 heteroatoms. The number of carbonyl (C=O) groups is 1. The first kappa shape index (κ1) is 19.8. The zero-order valence-electron chi connectivity index (χ0n) is 16.4. The number of hydrogen-bond acceptors (Lipinski definition) is 6. The zero-order valence-corrected chi connectivity index (χ0v) is 16.4. The van der Waals surface area contributed by atoms with Crippen LogP contribution in [-0.2, 0) is 0 Å². The molecule has 0 fully saturated rings. The maximum atomic E-state index is 12.6. The van der Waals surface area contributed by atoms with Gasteiger partial charge < -0.3 is 15.4 Å². The van der Waals surface area contributed by atoms with E-state index in [4.69, 9.17) is 10.00 Å². The number of anilines is 3. The highest BCUT2D eigenvalue weighted by Crippen LogP contribution is 2.19. The van der Waals surface area contributed by atoms with E-state index in [0.29, 0.717) is 22.6 Å². The Morgan fingerprint density at radius 1 is 1.07 bits per heavy atom. The third kappa shape index (κ3) is 5.53. The molecule has 3 aromatic rings. The second-order valence-corrected chi connectivity index (χ2v) is 6.68.